The monoisotopic (exact) mass is 432 g/mol. The topological polar surface area (TPSA) is 58.6 Å². The van der Waals surface area contributed by atoms with E-state index < -0.39 is 0 Å². The van der Waals surface area contributed by atoms with Crippen molar-refractivity contribution in [2.75, 3.05) is 19.7 Å². The molecule has 144 valence electrons. The second kappa shape index (κ2) is 6.59. The zero-order valence-corrected chi connectivity index (χ0v) is 17.0. The molecule has 2 atom stereocenters. The Morgan fingerprint density at radius 2 is 2.11 bits per heavy atom. The summed E-state index contributed by atoms with van der Waals surface area (Å²) in [5.74, 6) is 0.632. The molecule has 2 aliphatic heterocycles. The summed E-state index contributed by atoms with van der Waals surface area (Å²) in [6.45, 7) is 1.53. The van der Waals surface area contributed by atoms with Crippen molar-refractivity contribution >= 4 is 27.7 Å². The zero-order chi connectivity index (χ0) is 18.6. The molecule has 27 heavy (non-hydrogen) atoms. The van der Waals surface area contributed by atoms with Crippen LogP contribution in [0.5, 0.6) is 0 Å². The van der Waals surface area contributed by atoms with Crippen molar-refractivity contribution < 1.29 is 14.3 Å². The minimum absolute atomic E-state index is 0.0204. The van der Waals surface area contributed by atoms with Gasteiger partial charge < -0.3 is 15.0 Å². The lowest BCUT2D eigenvalue weighted by Crippen LogP contribution is -2.50. The molecule has 1 spiro atoms. The van der Waals surface area contributed by atoms with Crippen LogP contribution in [0.4, 0.5) is 0 Å². The lowest BCUT2D eigenvalue weighted by atomic mass is 9.86. The van der Waals surface area contributed by atoms with Gasteiger partial charge in [0.1, 0.15) is 0 Å². The van der Waals surface area contributed by atoms with E-state index in [2.05, 4.69) is 27.3 Å². The van der Waals surface area contributed by atoms with E-state index in [0.29, 0.717) is 18.6 Å². The number of halogens is 1. The first-order chi connectivity index (χ1) is 13.0. The van der Waals surface area contributed by atoms with E-state index in [0.717, 1.165) is 47.9 Å². The smallest absolute Gasteiger partial charge is 0.254 e. The Morgan fingerprint density at radius 1 is 1.30 bits per heavy atom. The maximum Gasteiger partial charge on any atom is 0.254 e. The quantitative estimate of drug-likeness (QED) is 0.795. The molecule has 1 aromatic carbocycles. The summed E-state index contributed by atoms with van der Waals surface area (Å²) in [6.07, 6.45) is 6.77. The molecule has 2 saturated carbocycles. The van der Waals surface area contributed by atoms with Gasteiger partial charge in [-0.3, -0.25) is 9.59 Å². The molecule has 0 bridgehead atoms. The molecule has 5 rings (SSSR count). The summed E-state index contributed by atoms with van der Waals surface area (Å²) in [5.41, 5.74) is 1.97. The van der Waals surface area contributed by atoms with Gasteiger partial charge in [-0.15, -0.1) is 0 Å². The van der Waals surface area contributed by atoms with Gasteiger partial charge in [0.2, 0.25) is 5.91 Å². The van der Waals surface area contributed by atoms with E-state index in [9.17, 15) is 9.59 Å². The Morgan fingerprint density at radius 3 is 2.85 bits per heavy atom. The fourth-order valence-electron chi connectivity index (χ4n) is 4.74. The molecule has 6 heteroatoms. The number of ether oxygens (including phenoxy) is 1. The van der Waals surface area contributed by atoms with Crippen molar-refractivity contribution in [1.29, 1.82) is 0 Å². The number of rotatable bonds is 4. The molecule has 1 saturated heterocycles. The van der Waals surface area contributed by atoms with Crippen LogP contribution in [0.2, 0.25) is 0 Å². The number of hydrogen-bond donors (Lipinski definition) is 1. The normalized spacial score (nSPS) is 28.8. The third-order valence-electron chi connectivity index (χ3n) is 6.58. The molecule has 1 aromatic rings. The molecular weight excluding hydrogens is 408 g/mol. The average Bonchev–Trinajstić information content (AvgIpc) is 3.55. The van der Waals surface area contributed by atoms with Gasteiger partial charge >= 0.3 is 0 Å². The minimum Gasteiger partial charge on any atom is -0.378 e. The van der Waals surface area contributed by atoms with Crippen LogP contribution in [-0.4, -0.2) is 48.6 Å². The zero-order valence-electron chi connectivity index (χ0n) is 15.4. The second-order valence-corrected chi connectivity index (χ2v) is 9.58. The molecule has 1 N–H and O–H groups in total. The first-order valence-corrected chi connectivity index (χ1v) is 10.8. The maximum absolute atomic E-state index is 12.9. The third-order valence-corrected chi connectivity index (χ3v) is 7.07. The molecular formula is C21H25BrN2O3. The number of nitrogens with zero attached hydrogens (tertiary/aromatic N) is 1. The van der Waals surface area contributed by atoms with Crippen LogP contribution in [0.15, 0.2) is 22.7 Å². The number of nitrogens with one attached hydrogen (secondary N) is 1. The van der Waals surface area contributed by atoms with E-state index in [4.69, 9.17) is 4.74 Å². The first-order valence-electron chi connectivity index (χ1n) is 10.0. The SMILES string of the molecule is O=C(CN1CC2(CC2)c2cc(Br)ccc2C1=O)N[C@@H]1CCO[C@H](C2CC2)C1. The first kappa shape index (κ1) is 17.7. The Bertz CT molecular complexity index is 788. The highest BCUT2D eigenvalue weighted by Gasteiger charge is 2.51. The Hall–Kier alpha value is -1.40. The van der Waals surface area contributed by atoms with Crippen LogP contribution in [0.25, 0.3) is 0 Å². The van der Waals surface area contributed by atoms with Crippen LogP contribution in [0.1, 0.15) is 54.4 Å². The van der Waals surface area contributed by atoms with E-state index in [1.807, 2.05) is 12.1 Å². The number of benzene rings is 1. The van der Waals surface area contributed by atoms with Gasteiger partial charge in [-0.2, -0.15) is 0 Å². The van der Waals surface area contributed by atoms with Crippen LogP contribution < -0.4 is 5.32 Å². The summed E-state index contributed by atoms with van der Waals surface area (Å²) < 4.78 is 6.86. The molecule has 2 heterocycles. The second-order valence-electron chi connectivity index (χ2n) is 8.67. The molecule has 0 aromatic heterocycles. The summed E-state index contributed by atoms with van der Waals surface area (Å²) in [6, 6.07) is 6.06. The van der Waals surface area contributed by atoms with Crippen LogP contribution in [-0.2, 0) is 14.9 Å². The number of carbonyl (C=O) groups is 2. The Labute approximate surface area is 167 Å². The van der Waals surface area contributed by atoms with E-state index in [1.165, 1.54) is 12.8 Å². The summed E-state index contributed by atoms with van der Waals surface area (Å²) in [5, 5.41) is 3.16. The van der Waals surface area contributed by atoms with E-state index >= 15 is 0 Å². The highest BCUT2D eigenvalue weighted by atomic mass is 79.9. The fraction of sp³-hybridized carbons (Fsp3) is 0.619. The van der Waals surface area contributed by atoms with Gasteiger partial charge in [0.25, 0.3) is 5.91 Å². The average molecular weight is 433 g/mol. The number of amides is 2. The Balaban J connectivity index is 1.25. The third kappa shape index (κ3) is 3.42. The molecule has 0 unspecified atom stereocenters. The number of carbonyl (C=O) groups excluding carboxylic acids is 2. The molecule has 4 aliphatic rings. The minimum atomic E-state index is -0.0406. The van der Waals surface area contributed by atoms with Crippen LogP contribution in [0, 0.1) is 5.92 Å². The fourth-order valence-corrected chi connectivity index (χ4v) is 5.10. The molecule has 5 nitrogen and oxygen atoms in total. The van der Waals surface area contributed by atoms with E-state index in [-0.39, 0.29) is 29.8 Å². The summed E-state index contributed by atoms with van der Waals surface area (Å²) in [7, 11) is 0. The van der Waals surface area contributed by atoms with Gasteiger partial charge in [-0.05, 0) is 68.2 Å². The summed E-state index contributed by atoms with van der Waals surface area (Å²) in [4.78, 5) is 27.3. The molecule has 3 fully saturated rings. The Kier molecular flexibility index (Phi) is 4.32. The molecule has 2 amide bonds. The van der Waals surface area contributed by atoms with Crippen LogP contribution in [0.3, 0.4) is 0 Å². The van der Waals surface area contributed by atoms with Gasteiger partial charge in [-0.1, -0.05) is 15.9 Å². The lowest BCUT2D eigenvalue weighted by Gasteiger charge is -2.35. The van der Waals surface area contributed by atoms with E-state index in [1.54, 1.807) is 4.90 Å². The van der Waals surface area contributed by atoms with Crippen molar-refractivity contribution in [3.8, 4) is 0 Å². The van der Waals surface area contributed by atoms with Gasteiger partial charge in [0.05, 0.1) is 12.6 Å². The van der Waals surface area contributed by atoms with Crippen molar-refractivity contribution in [3.63, 3.8) is 0 Å². The van der Waals surface area contributed by atoms with Crippen molar-refractivity contribution in [1.82, 2.24) is 10.2 Å². The summed E-state index contributed by atoms with van der Waals surface area (Å²) >= 11 is 3.52. The predicted molar refractivity (Wildman–Crippen MR) is 105 cm³/mol. The van der Waals surface area contributed by atoms with Crippen molar-refractivity contribution in [2.45, 2.75) is 56.1 Å². The van der Waals surface area contributed by atoms with Crippen molar-refractivity contribution in [3.05, 3.63) is 33.8 Å². The van der Waals surface area contributed by atoms with Gasteiger partial charge in [0.15, 0.2) is 0 Å². The highest BCUT2D eigenvalue weighted by molar-refractivity contribution is 9.10. The van der Waals surface area contributed by atoms with Crippen molar-refractivity contribution in [2.24, 2.45) is 5.92 Å². The lowest BCUT2D eigenvalue weighted by molar-refractivity contribution is -0.123. The predicted octanol–water partition coefficient (Wildman–Crippen LogP) is 3.01. The van der Waals surface area contributed by atoms with Crippen LogP contribution >= 0.6 is 15.9 Å². The maximum atomic E-state index is 12.9. The number of hydrogen-bond acceptors (Lipinski definition) is 3. The van der Waals surface area contributed by atoms with Gasteiger partial charge in [-0.25, -0.2) is 0 Å². The standard InChI is InChI=1S/C21H25BrN2O3/c22-14-3-4-16-17(9-14)21(6-7-21)12-24(20(16)26)11-19(25)23-15-5-8-27-18(10-15)13-1-2-13/h3-4,9,13,15,18H,1-2,5-8,10-12H2,(H,23,25)/t15-,18+/m1/s1. The highest BCUT2D eigenvalue weighted by Crippen LogP contribution is 2.52. The molecule has 2 aliphatic carbocycles. The number of fused-ring (bicyclic) bond motifs is 2. The largest absolute Gasteiger partial charge is 0.378 e. The molecule has 0 radical (unpaired) electrons. The van der Waals surface area contributed by atoms with Gasteiger partial charge in [0, 0.05) is 34.6 Å².